The lowest BCUT2D eigenvalue weighted by Crippen LogP contribution is -2.11. The van der Waals surface area contributed by atoms with Crippen LogP contribution in [0.1, 0.15) is 12.5 Å². The summed E-state index contributed by atoms with van der Waals surface area (Å²) in [6.45, 7) is 5.41. The van der Waals surface area contributed by atoms with Crippen LogP contribution in [0.2, 0.25) is 0 Å². The number of fused-ring (bicyclic) bond motifs is 1. The molecule has 0 radical (unpaired) electrons. The Balaban J connectivity index is 2.02. The zero-order valence-electron chi connectivity index (χ0n) is 12.6. The summed E-state index contributed by atoms with van der Waals surface area (Å²) in [5.41, 5.74) is 2.68. The van der Waals surface area contributed by atoms with E-state index in [1.54, 1.807) is 0 Å². The third-order valence-corrected chi connectivity index (χ3v) is 6.49. The molecule has 3 nitrogen and oxygen atoms in total. The molecule has 0 amide bonds. The fraction of sp³-hybridized carbons (Fsp3) is 0.533. The van der Waals surface area contributed by atoms with E-state index in [4.69, 9.17) is 4.74 Å². The zero-order chi connectivity index (χ0) is 14.8. The summed E-state index contributed by atoms with van der Waals surface area (Å²) in [5.74, 6) is 2.01. The van der Waals surface area contributed by atoms with Crippen molar-refractivity contribution in [3.8, 4) is 0 Å². The van der Waals surface area contributed by atoms with Gasteiger partial charge in [-0.1, -0.05) is 6.92 Å². The quantitative estimate of drug-likeness (QED) is 0.763. The minimum Gasteiger partial charge on any atom is -0.360 e. The zero-order valence-corrected chi connectivity index (χ0v) is 13.5. The predicted octanol–water partition coefficient (Wildman–Crippen LogP) is 3.54. The van der Waals surface area contributed by atoms with Gasteiger partial charge >= 0.3 is 0 Å². The molecule has 2 rings (SSSR count). The van der Waals surface area contributed by atoms with Gasteiger partial charge in [-0.05, 0) is 30.8 Å². The van der Waals surface area contributed by atoms with Gasteiger partial charge in [-0.2, -0.15) is 0 Å². The number of aryl methyl sites for hydroxylation is 1. The monoisotopic (exact) mass is 298 g/mol. The van der Waals surface area contributed by atoms with Crippen molar-refractivity contribution in [3.05, 3.63) is 29.8 Å². The van der Waals surface area contributed by atoms with E-state index in [2.05, 4.69) is 24.4 Å². The Labute approximate surface area is 121 Å². The van der Waals surface area contributed by atoms with Crippen molar-refractivity contribution in [1.29, 1.82) is 0 Å². The highest BCUT2D eigenvalue weighted by molar-refractivity contribution is 8.32. The number of pyridine rings is 1. The number of rotatable bonds is 6. The number of ether oxygens (including phenoxy) is 1. The van der Waals surface area contributed by atoms with Crippen LogP contribution in [-0.4, -0.2) is 40.2 Å². The van der Waals surface area contributed by atoms with E-state index in [9.17, 15) is 4.39 Å². The van der Waals surface area contributed by atoms with Crippen LogP contribution in [0.25, 0.3) is 11.0 Å². The number of nitrogens with zero attached hydrogens (tertiary/aromatic N) is 2. The number of hydrogen-bond donors (Lipinski definition) is 0. The van der Waals surface area contributed by atoms with Gasteiger partial charge in [-0.3, -0.25) is 4.98 Å². The molecule has 0 N–H and O–H groups in total. The minimum absolute atomic E-state index is 0.312. The predicted molar refractivity (Wildman–Crippen MR) is 85.2 cm³/mol. The maximum absolute atomic E-state index is 13.3. The van der Waals surface area contributed by atoms with Crippen molar-refractivity contribution in [2.24, 2.45) is 0 Å². The maximum atomic E-state index is 13.3. The lowest BCUT2D eigenvalue weighted by atomic mass is 10.3. The van der Waals surface area contributed by atoms with Crippen LogP contribution in [0.3, 0.4) is 0 Å². The third-order valence-electron chi connectivity index (χ3n) is 3.66. The molecule has 0 atom stereocenters. The fourth-order valence-corrected chi connectivity index (χ4v) is 2.87. The van der Waals surface area contributed by atoms with Gasteiger partial charge in [-0.25, -0.2) is 14.4 Å². The lowest BCUT2D eigenvalue weighted by molar-refractivity contribution is 0.0926. The van der Waals surface area contributed by atoms with Crippen LogP contribution in [0.5, 0.6) is 0 Å². The van der Waals surface area contributed by atoms with Gasteiger partial charge in [0.25, 0.3) is 0 Å². The molecule has 2 aromatic rings. The Morgan fingerprint density at radius 1 is 1.40 bits per heavy atom. The molecule has 0 fully saturated rings. The molecule has 0 aromatic carbocycles. The van der Waals surface area contributed by atoms with Gasteiger partial charge in [0, 0.05) is 18.0 Å². The van der Waals surface area contributed by atoms with Gasteiger partial charge in [-0.15, -0.1) is 0 Å². The van der Waals surface area contributed by atoms with Crippen molar-refractivity contribution in [1.82, 2.24) is 9.55 Å². The molecule has 0 aliphatic heterocycles. The summed E-state index contributed by atoms with van der Waals surface area (Å²) in [7, 11) is -0.525. The normalized spacial score (nSPS) is 13.1. The summed E-state index contributed by atoms with van der Waals surface area (Å²) in [6.07, 6.45) is 7.87. The van der Waals surface area contributed by atoms with E-state index in [0.717, 1.165) is 29.0 Å². The van der Waals surface area contributed by atoms with Crippen LogP contribution in [0.15, 0.2) is 18.5 Å². The van der Waals surface area contributed by atoms with E-state index in [-0.39, 0.29) is 5.82 Å². The maximum Gasteiger partial charge on any atom is 0.143 e. The molecular formula is C15H23FN2OS. The van der Waals surface area contributed by atoms with Crippen molar-refractivity contribution in [2.45, 2.75) is 20.6 Å². The van der Waals surface area contributed by atoms with Crippen LogP contribution in [0.4, 0.5) is 4.39 Å². The Morgan fingerprint density at radius 2 is 2.15 bits per heavy atom. The second kappa shape index (κ2) is 6.14. The summed E-state index contributed by atoms with van der Waals surface area (Å²) in [5, 5.41) is 0. The molecule has 0 aliphatic rings. The molecular weight excluding hydrogens is 275 g/mol. The Bertz CT molecular complexity index is 595. The first kappa shape index (κ1) is 15.3. The summed E-state index contributed by atoms with van der Waals surface area (Å²) in [6, 6.07) is 1.51. The second-order valence-electron chi connectivity index (χ2n) is 5.60. The molecule has 5 heteroatoms. The van der Waals surface area contributed by atoms with E-state index >= 15 is 0 Å². The summed E-state index contributed by atoms with van der Waals surface area (Å²) >= 11 is 0. The molecule has 112 valence electrons. The first-order valence-corrected chi connectivity index (χ1v) is 9.59. The fourth-order valence-electron chi connectivity index (χ4n) is 2.01. The largest absolute Gasteiger partial charge is 0.360 e. The topological polar surface area (TPSA) is 27.1 Å². The molecule has 0 saturated carbocycles. The third kappa shape index (κ3) is 3.52. The Kier molecular flexibility index (Phi) is 4.70. The SMILES string of the molecule is CCS(C)(C)CCOCn1cc(C)c2ncc(F)cc21. The van der Waals surface area contributed by atoms with Crippen LogP contribution < -0.4 is 0 Å². The molecule has 2 heterocycles. The number of aromatic nitrogens is 2. The van der Waals surface area contributed by atoms with E-state index in [0.29, 0.717) is 6.73 Å². The first-order valence-electron chi connectivity index (χ1n) is 6.80. The number of hydrogen-bond acceptors (Lipinski definition) is 2. The van der Waals surface area contributed by atoms with Crippen molar-refractivity contribution < 1.29 is 9.13 Å². The molecule has 20 heavy (non-hydrogen) atoms. The Hall–Kier alpha value is -1.07. The smallest absolute Gasteiger partial charge is 0.143 e. The van der Waals surface area contributed by atoms with Crippen LogP contribution in [0, 0.1) is 12.7 Å². The molecule has 0 aliphatic carbocycles. The average Bonchev–Trinajstić information content (AvgIpc) is 2.71. The molecule has 0 spiro atoms. The molecule has 0 unspecified atom stereocenters. The lowest BCUT2D eigenvalue weighted by Gasteiger charge is -2.29. The average molecular weight is 298 g/mol. The van der Waals surface area contributed by atoms with Gasteiger partial charge in [0.15, 0.2) is 0 Å². The van der Waals surface area contributed by atoms with Crippen molar-refractivity contribution in [3.63, 3.8) is 0 Å². The summed E-state index contributed by atoms with van der Waals surface area (Å²) < 4.78 is 21.0. The van der Waals surface area contributed by atoms with Crippen LogP contribution in [-0.2, 0) is 11.5 Å². The van der Waals surface area contributed by atoms with Gasteiger partial charge in [0.05, 0.1) is 23.8 Å². The highest BCUT2D eigenvalue weighted by atomic mass is 32.3. The summed E-state index contributed by atoms with van der Waals surface area (Å²) in [4.78, 5) is 4.13. The Morgan fingerprint density at radius 3 is 2.85 bits per heavy atom. The van der Waals surface area contributed by atoms with Crippen LogP contribution >= 0.6 is 10.0 Å². The van der Waals surface area contributed by atoms with E-state index in [1.165, 1.54) is 18.0 Å². The van der Waals surface area contributed by atoms with Crippen molar-refractivity contribution in [2.75, 3.05) is 30.6 Å². The van der Waals surface area contributed by atoms with Gasteiger partial charge < -0.3 is 9.30 Å². The molecule has 2 aromatic heterocycles. The van der Waals surface area contributed by atoms with Gasteiger partial charge in [0.1, 0.15) is 12.5 Å². The highest BCUT2D eigenvalue weighted by Crippen LogP contribution is 2.38. The molecule has 0 bridgehead atoms. The standard InChI is InChI=1S/C15H23FN2OS/c1-5-20(3,4)7-6-19-11-18-10-12(2)15-14(18)8-13(16)9-17-15/h8-10H,5-7,11H2,1-4H3. The minimum atomic E-state index is -0.525. The number of halogens is 1. The second-order valence-corrected chi connectivity index (χ2v) is 10.1. The van der Waals surface area contributed by atoms with E-state index < -0.39 is 10.0 Å². The van der Waals surface area contributed by atoms with Gasteiger partial charge in [0.2, 0.25) is 0 Å². The first-order chi connectivity index (χ1) is 9.43. The van der Waals surface area contributed by atoms with E-state index in [1.807, 2.05) is 17.7 Å². The highest BCUT2D eigenvalue weighted by Gasteiger charge is 2.10. The van der Waals surface area contributed by atoms with Crippen molar-refractivity contribution >= 4 is 21.1 Å². The molecule has 0 saturated heterocycles.